The minimum absolute atomic E-state index is 0.127. The van der Waals surface area contributed by atoms with Gasteiger partial charge in [-0.25, -0.2) is 8.42 Å². The molecule has 0 spiro atoms. The molecule has 110 valence electrons. The average molecular weight is 284 g/mol. The Morgan fingerprint density at radius 3 is 2.00 bits per heavy atom. The molecule has 0 aromatic rings. The summed E-state index contributed by atoms with van der Waals surface area (Å²) in [7, 11) is -4.40. The third-order valence-corrected chi connectivity index (χ3v) is 3.51. The van der Waals surface area contributed by atoms with Crippen LogP contribution in [0.1, 0.15) is 20.3 Å². The van der Waals surface area contributed by atoms with E-state index in [0.717, 1.165) is 0 Å². The predicted octanol–water partition coefficient (Wildman–Crippen LogP) is -1.45. The van der Waals surface area contributed by atoms with Crippen LogP contribution >= 0.6 is 0 Å². The number of aliphatic hydroxyl groups is 3. The first-order valence-corrected chi connectivity index (χ1v) is 7.29. The van der Waals surface area contributed by atoms with Crippen molar-refractivity contribution in [2.24, 2.45) is 5.92 Å². The molecule has 0 aliphatic rings. The minimum atomic E-state index is -4.40. The third kappa shape index (κ3) is 5.59. The number of nitrogens with zero attached hydrogens (tertiary/aromatic N) is 1. The van der Waals surface area contributed by atoms with Crippen LogP contribution in [0.2, 0.25) is 0 Å². The van der Waals surface area contributed by atoms with Gasteiger partial charge in [-0.1, -0.05) is 13.8 Å². The highest BCUT2D eigenvalue weighted by atomic mass is 32.2. The molecule has 0 aromatic heterocycles. The Kier molecular flexibility index (Phi) is 7.26. The molecule has 0 rings (SSSR count). The van der Waals surface area contributed by atoms with Gasteiger partial charge in [0.1, 0.15) is 0 Å². The van der Waals surface area contributed by atoms with E-state index < -0.39 is 41.4 Å². The maximum atomic E-state index is 10.6. The summed E-state index contributed by atoms with van der Waals surface area (Å²) in [6.07, 6.45) is 0.374. The number of aliphatic hydroxyl groups excluding tert-OH is 3. The molecule has 0 atom stereocenters. The monoisotopic (exact) mass is 284 g/mol. The van der Waals surface area contributed by atoms with E-state index in [1.165, 1.54) is 4.90 Å². The molecule has 0 saturated carbocycles. The van der Waals surface area contributed by atoms with Crippen molar-refractivity contribution in [3.05, 3.63) is 0 Å². The molecule has 0 heterocycles. The molecule has 0 saturated heterocycles. The Morgan fingerprint density at radius 2 is 1.72 bits per heavy atom. The first-order valence-electron chi connectivity index (χ1n) is 5.72. The van der Waals surface area contributed by atoms with Crippen LogP contribution in [0, 0.1) is 5.92 Å². The second-order valence-electron chi connectivity index (χ2n) is 4.81. The summed E-state index contributed by atoms with van der Waals surface area (Å²) in [5.74, 6) is -0.546. The van der Waals surface area contributed by atoms with Gasteiger partial charge in [0.15, 0.2) is 0 Å². The molecule has 8 heteroatoms. The molecule has 0 radical (unpaired) electrons. The zero-order valence-electron chi connectivity index (χ0n) is 10.7. The van der Waals surface area contributed by atoms with Gasteiger partial charge in [0.25, 0.3) is 0 Å². The molecule has 0 aliphatic heterocycles. The highest BCUT2D eigenvalue weighted by Crippen LogP contribution is 2.23. The third-order valence-electron chi connectivity index (χ3n) is 2.83. The van der Waals surface area contributed by atoms with Gasteiger partial charge in [0.2, 0.25) is 0 Å². The fourth-order valence-electron chi connectivity index (χ4n) is 1.95. The van der Waals surface area contributed by atoms with Gasteiger partial charge < -0.3 is 19.9 Å². The van der Waals surface area contributed by atoms with Crippen molar-refractivity contribution in [3.63, 3.8) is 0 Å². The van der Waals surface area contributed by atoms with E-state index in [2.05, 4.69) is 0 Å². The highest BCUT2D eigenvalue weighted by molar-refractivity contribution is 7.85. The van der Waals surface area contributed by atoms with Gasteiger partial charge in [-0.3, -0.25) is 4.90 Å². The lowest BCUT2D eigenvalue weighted by Gasteiger charge is -2.41. The van der Waals surface area contributed by atoms with Gasteiger partial charge in [0.05, 0.1) is 41.4 Å². The predicted molar refractivity (Wildman–Crippen MR) is 64.7 cm³/mol. The molecule has 0 fully saturated rings. The van der Waals surface area contributed by atoms with Crippen LogP contribution in [0.5, 0.6) is 0 Å². The van der Waals surface area contributed by atoms with Gasteiger partial charge in [0, 0.05) is 6.54 Å². The molecule has 18 heavy (non-hydrogen) atoms. The molecule has 0 unspecified atom stereocenters. The first kappa shape index (κ1) is 17.8. The maximum absolute atomic E-state index is 10.6. The van der Waals surface area contributed by atoms with Crippen LogP contribution in [0.4, 0.5) is 0 Å². The van der Waals surface area contributed by atoms with Crippen molar-refractivity contribution < 1.29 is 28.3 Å². The topological polar surface area (TPSA) is 121 Å². The number of hydrogen-bond acceptors (Lipinski definition) is 7. The SMILES string of the molecule is CC(C)CC(CO)(CO)N(CO)CCS(=O)(=O)[O-]. The fourth-order valence-corrected chi connectivity index (χ4v) is 2.39. The van der Waals surface area contributed by atoms with Crippen molar-refractivity contribution in [2.75, 3.05) is 32.2 Å². The van der Waals surface area contributed by atoms with Crippen molar-refractivity contribution in [1.29, 1.82) is 0 Å². The lowest BCUT2D eigenvalue weighted by atomic mass is 9.88. The summed E-state index contributed by atoms with van der Waals surface area (Å²) in [5, 5.41) is 28.1. The maximum Gasteiger partial charge on any atom is 0.0962 e. The Bertz CT molecular complexity index is 325. The van der Waals surface area contributed by atoms with E-state index in [1.807, 2.05) is 13.8 Å². The largest absolute Gasteiger partial charge is 0.748 e. The van der Waals surface area contributed by atoms with Crippen molar-refractivity contribution in [3.8, 4) is 0 Å². The van der Waals surface area contributed by atoms with Crippen molar-refractivity contribution in [2.45, 2.75) is 25.8 Å². The van der Waals surface area contributed by atoms with Crippen LogP contribution < -0.4 is 0 Å². The Hall–Kier alpha value is -0.250. The van der Waals surface area contributed by atoms with Gasteiger partial charge in [-0.05, 0) is 12.3 Å². The van der Waals surface area contributed by atoms with Crippen LogP contribution in [-0.4, -0.2) is 71.0 Å². The number of rotatable bonds is 9. The Morgan fingerprint density at radius 1 is 1.22 bits per heavy atom. The van der Waals surface area contributed by atoms with Gasteiger partial charge in [-0.15, -0.1) is 0 Å². The van der Waals surface area contributed by atoms with Crippen LogP contribution in [-0.2, 0) is 10.1 Å². The smallest absolute Gasteiger partial charge is 0.0962 e. The van der Waals surface area contributed by atoms with Crippen LogP contribution in [0.3, 0.4) is 0 Å². The normalized spacial score (nSPS) is 13.6. The molecular weight excluding hydrogens is 262 g/mol. The number of hydrogen-bond donors (Lipinski definition) is 3. The Labute approximate surface area is 108 Å². The van der Waals surface area contributed by atoms with E-state index in [9.17, 15) is 28.3 Å². The first-order chi connectivity index (χ1) is 8.20. The molecule has 0 bridgehead atoms. The molecule has 0 aliphatic carbocycles. The quantitative estimate of drug-likeness (QED) is 0.350. The standard InChI is InChI=1S/C10H23NO6S/c1-9(2)5-10(6-12,7-13)11(8-14)3-4-18(15,16)17/h9,12-14H,3-8H2,1-2H3,(H,15,16,17)/p-1. The molecule has 0 amide bonds. The van der Waals surface area contributed by atoms with E-state index in [-0.39, 0.29) is 12.5 Å². The van der Waals surface area contributed by atoms with E-state index in [0.29, 0.717) is 6.42 Å². The zero-order valence-corrected chi connectivity index (χ0v) is 11.6. The zero-order chi connectivity index (χ0) is 14.4. The van der Waals surface area contributed by atoms with Crippen LogP contribution in [0.25, 0.3) is 0 Å². The summed E-state index contributed by atoms with van der Waals surface area (Å²) in [5.41, 5.74) is -1.12. The van der Waals surface area contributed by atoms with Crippen molar-refractivity contribution in [1.82, 2.24) is 4.90 Å². The lowest BCUT2D eigenvalue weighted by molar-refractivity contribution is -0.0633. The average Bonchev–Trinajstić information content (AvgIpc) is 2.26. The summed E-state index contributed by atoms with van der Waals surface area (Å²) in [6.45, 7) is 2.13. The summed E-state index contributed by atoms with van der Waals surface area (Å²) in [4.78, 5) is 1.22. The van der Waals surface area contributed by atoms with Gasteiger partial charge in [-0.2, -0.15) is 0 Å². The minimum Gasteiger partial charge on any atom is -0.748 e. The van der Waals surface area contributed by atoms with Crippen LogP contribution in [0.15, 0.2) is 0 Å². The summed E-state index contributed by atoms with van der Waals surface area (Å²) >= 11 is 0. The molecule has 7 nitrogen and oxygen atoms in total. The molecule has 3 N–H and O–H groups in total. The molecular formula is C10H22NO6S-. The summed E-state index contributed by atoms with van der Waals surface area (Å²) in [6, 6.07) is 0. The van der Waals surface area contributed by atoms with E-state index in [1.54, 1.807) is 0 Å². The second-order valence-corrected chi connectivity index (χ2v) is 6.33. The molecule has 0 aromatic carbocycles. The van der Waals surface area contributed by atoms with E-state index >= 15 is 0 Å². The lowest BCUT2D eigenvalue weighted by Crippen LogP contribution is -2.56. The van der Waals surface area contributed by atoms with Gasteiger partial charge >= 0.3 is 0 Å². The summed E-state index contributed by atoms with van der Waals surface area (Å²) < 4.78 is 31.8. The Balaban J connectivity index is 4.92. The fraction of sp³-hybridized carbons (Fsp3) is 1.00. The van der Waals surface area contributed by atoms with E-state index in [4.69, 9.17) is 0 Å². The van der Waals surface area contributed by atoms with Crippen molar-refractivity contribution >= 4 is 10.1 Å². The second kappa shape index (κ2) is 7.37. The highest BCUT2D eigenvalue weighted by Gasteiger charge is 2.36.